The lowest BCUT2D eigenvalue weighted by Crippen LogP contribution is -2.13. The number of para-hydroxylation sites is 3. The fraction of sp³-hybridized carbons (Fsp3) is 0.0952. The molecule has 6 nitrogen and oxygen atoms in total. The summed E-state index contributed by atoms with van der Waals surface area (Å²) >= 11 is 1.57. The van der Waals surface area contributed by atoms with Crippen LogP contribution in [0.3, 0.4) is 0 Å². The van der Waals surface area contributed by atoms with E-state index in [1.807, 2.05) is 65.4 Å². The van der Waals surface area contributed by atoms with Gasteiger partial charge in [0, 0.05) is 23.8 Å². The van der Waals surface area contributed by atoms with Gasteiger partial charge >= 0.3 is 0 Å². The zero-order chi connectivity index (χ0) is 19.2. The first kappa shape index (κ1) is 17.9. The Hall–Kier alpha value is -3.45. The van der Waals surface area contributed by atoms with Crippen LogP contribution in [0.15, 0.2) is 75.9 Å². The van der Waals surface area contributed by atoms with Gasteiger partial charge in [-0.15, -0.1) is 0 Å². The molecule has 1 N–H and O–H groups in total. The van der Waals surface area contributed by atoms with Gasteiger partial charge in [-0.25, -0.2) is 0 Å². The fourth-order valence-corrected chi connectivity index (χ4v) is 3.21. The smallest absolute Gasteiger partial charge is 0.227 e. The zero-order valence-electron chi connectivity index (χ0n) is 14.9. The summed E-state index contributed by atoms with van der Waals surface area (Å²) in [6, 6.07) is 18.7. The van der Waals surface area contributed by atoms with Gasteiger partial charge in [0.25, 0.3) is 0 Å². The first-order chi connectivity index (χ1) is 13.8. The van der Waals surface area contributed by atoms with E-state index in [4.69, 9.17) is 9.26 Å². The van der Waals surface area contributed by atoms with Crippen molar-refractivity contribution < 1.29 is 14.1 Å². The minimum atomic E-state index is -0.153. The van der Waals surface area contributed by atoms with Crippen LogP contribution in [0.25, 0.3) is 11.4 Å². The number of aryl methyl sites for hydroxylation is 1. The van der Waals surface area contributed by atoms with Gasteiger partial charge in [0.2, 0.25) is 17.6 Å². The molecule has 140 valence electrons. The minimum absolute atomic E-state index is 0.153. The van der Waals surface area contributed by atoms with Crippen LogP contribution in [-0.2, 0) is 11.2 Å². The topological polar surface area (TPSA) is 77.2 Å². The fourth-order valence-electron chi connectivity index (χ4n) is 2.57. The van der Waals surface area contributed by atoms with Crippen molar-refractivity contribution >= 4 is 22.9 Å². The van der Waals surface area contributed by atoms with Crippen LogP contribution >= 0.6 is 11.3 Å². The number of carbonyl (C=O) groups excluding carboxylic acids is 1. The van der Waals surface area contributed by atoms with Gasteiger partial charge in [-0.1, -0.05) is 35.5 Å². The highest BCUT2D eigenvalue weighted by Crippen LogP contribution is 2.29. The highest BCUT2D eigenvalue weighted by atomic mass is 32.1. The van der Waals surface area contributed by atoms with Crippen LogP contribution < -0.4 is 10.1 Å². The number of rotatable bonds is 7. The number of nitrogens with zero attached hydrogens (tertiary/aromatic N) is 2. The summed E-state index contributed by atoms with van der Waals surface area (Å²) in [6.45, 7) is 0. The molecule has 0 saturated heterocycles. The second-order valence-electron chi connectivity index (χ2n) is 5.98. The Kier molecular flexibility index (Phi) is 5.44. The molecule has 2 aromatic heterocycles. The van der Waals surface area contributed by atoms with Crippen molar-refractivity contribution in [1.29, 1.82) is 0 Å². The average molecular weight is 391 g/mol. The lowest BCUT2D eigenvalue weighted by molar-refractivity contribution is -0.116. The average Bonchev–Trinajstić information content (AvgIpc) is 3.40. The standard InChI is InChI=1S/C21H17N3O3S/c25-19(10-11-20-23-21(24-27-20)15-12-13-28-14-15)22-17-8-4-5-9-18(17)26-16-6-2-1-3-7-16/h1-9,12-14H,10-11H2,(H,22,25). The van der Waals surface area contributed by atoms with Crippen LogP contribution in [0, 0.1) is 0 Å². The van der Waals surface area contributed by atoms with Crippen LogP contribution in [-0.4, -0.2) is 16.0 Å². The normalized spacial score (nSPS) is 10.6. The van der Waals surface area contributed by atoms with E-state index in [0.29, 0.717) is 35.3 Å². The van der Waals surface area contributed by atoms with Gasteiger partial charge in [-0.05, 0) is 35.7 Å². The number of hydrogen-bond donors (Lipinski definition) is 1. The summed E-state index contributed by atoms with van der Waals surface area (Å²) in [5, 5.41) is 10.7. The Morgan fingerprint density at radius 3 is 2.71 bits per heavy atom. The first-order valence-corrected chi connectivity index (χ1v) is 9.69. The third-order valence-electron chi connectivity index (χ3n) is 3.95. The van der Waals surface area contributed by atoms with Crippen LogP contribution in [0.1, 0.15) is 12.3 Å². The van der Waals surface area contributed by atoms with Crippen molar-refractivity contribution in [2.75, 3.05) is 5.32 Å². The van der Waals surface area contributed by atoms with Crippen molar-refractivity contribution in [3.05, 3.63) is 77.3 Å². The molecule has 0 fully saturated rings. The number of carbonyl (C=O) groups is 1. The second kappa shape index (κ2) is 8.49. The quantitative estimate of drug-likeness (QED) is 0.471. The largest absolute Gasteiger partial charge is 0.455 e. The SMILES string of the molecule is O=C(CCc1nc(-c2ccsc2)no1)Nc1ccccc1Oc1ccccc1. The van der Waals surface area contributed by atoms with Gasteiger partial charge in [0.1, 0.15) is 5.75 Å². The summed E-state index contributed by atoms with van der Waals surface area (Å²) in [6.07, 6.45) is 0.593. The number of nitrogens with one attached hydrogen (secondary N) is 1. The molecule has 2 heterocycles. The molecule has 4 aromatic rings. The molecule has 0 aliphatic carbocycles. The van der Waals surface area contributed by atoms with Crippen molar-refractivity contribution in [3.8, 4) is 22.9 Å². The monoisotopic (exact) mass is 391 g/mol. The molecular weight excluding hydrogens is 374 g/mol. The maximum Gasteiger partial charge on any atom is 0.227 e. The number of anilines is 1. The van der Waals surface area contributed by atoms with E-state index < -0.39 is 0 Å². The van der Waals surface area contributed by atoms with E-state index in [0.717, 1.165) is 5.56 Å². The van der Waals surface area contributed by atoms with E-state index in [-0.39, 0.29) is 12.3 Å². The van der Waals surface area contributed by atoms with Gasteiger partial charge in [0.15, 0.2) is 5.75 Å². The number of amides is 1. The predicted molar refractivity (Wildman–Crippen MR) is 108 cm³/mol. The van der Waals surface area contributed by atoms with Crippen LogP contribution in [0.2, 0.25) is 0 Å². The highest BCUT2D eigenvalue weighted by molar-refractivity contribution is 7.08. The second-order valence-corrected chi connectivity index (χ2v) is 6.76. The number of hydrogen-bond acceptors (Lipinski definition) is 6. The molecule has 0 bridgehead atoms. The number of benzene rings is 2. The van der Waals surface area contributed by atoms with Crippen LogP contribution in [0.4, 0.5) is 5.69 Å². The first-order valence-electron chi connectivity index (χ1n) is 8.75. The summed E-state index contributed by atoms with van der Waals surface area (Å²) < 4.78 is 11.1. The summed E-state index contributed by atoms with van der Waals surface area (Å²) in [7, 11) is 0. The molecule has 0 unspecified atom stereocenters. The highest BCUT2D eigenvalue weighted by Gasteiger charge is 2.13. The molecule has 7 heteroatoms. The number of ether oxygens (including phenoxy) is 1. The van der Waals surface area contributed by atoms with Crippen molar-refractivity contribution in [2.24, 2.45) is 0 Å². The summed E-state index contributed by atoms with van der Waals surface area (Å²) in [5.41, 5.74) is 1.53. The molecule has 0 spiro atoms. The molecule has 28 heavy (non-hydrogen) atoms. The number of aromatic nitrogens is 2. The third-order valence-corrected chi connectivity index (χ3v) is 4.63. The molecule has 1 amide bonds. The molecule has 0 aliphatic rings. The minimum Gasteiger partial charge on any atom is -0.455 e. The van der Waals surface area contributed by atoms with E-state index in [1.165, 1.54) is 0 Å². The van der Waals surface area contributed by atoms with Crippen molar-refractivity contribution in [3.63, 3.8) is 0 Å². The Morgan fingerprint density at radius 1 is 1.07 bits per heavy atom. The van der Waals surface area contributed by atoms with E-state index in [9.17, 15) is 4.79 Å². The lowest BCUT2D eigenvalue weighted by atomic mass is 10.2. The zero-order valence-corrected chi connectivity index (χ0v) is 15.7. The van der Waals surface area contributed by atoms with E-state index in [1.54, 1.807) is 17.4 Å². The van der Waals surface area contributed by atoms with E-state index >= 15 is 0 Å². The van der Waals surface area contributed by atoms with Crippen molar-refractivity contribution in [1.82, 2.24) is 10.1 Å². The van der Waals surface area contributed by atoms with Gasteiger partial charge < -0.3 is 14.6 Å². The molecule has 2 aromatic carbocycles. The molecule has 4 rings (SSSR count). The Bertz CT molecular complexity index is 1050. The van der Waals surface area contributed by atoms with Gasteiger partial charge in [-0.2, -0.15) is 16.3 Å². The Balaban J connectivity index is 1.36. The molecule has 0 radical (unpaired) electrons. The molecule has 0 atom stereocenters. The molecule has 0 saturated carbocycles. The maximum absolute atomic E-state index is 12.4. The Labute approximate surface area is 165 Å². The van der Waals surface area contributed by atoms with E-state index in [2.05, 4.69) is 15.5 Å². The molecular formula is C21H17N3O3S. The maximum atomic E-state index is 12.4. The Morgan fingerprint density at radius 2 is 1.89 bits per heavy atom. The van der Waals surface area contributed by atoms with Gasteiger partial charge in [-0.3, -0.25) is 4.79 Å². The van der Waals surface area contributed by atoms with Gasteiger partial charge in [0.05, 0.1) is 5.69 Å². The van der Waals surface area contributed by atoms with Crippen LogP contribution in [0.5, 0.6) is 11.5 Å². The number of thiophene rings is 1. The lowest BCUT2D eigenvalue weighted by Gasteiger charge is -2.11. The molecule has 0 aliphatic heterocycles. The van der Waals surface area contributed by atoms with Crippen molar-refractivity contribution in [2.45, 2.75) is 12.8 Å². The predicted octanol–water partition coefficient (Wildman–Crippen LogP) is 5.16. The summed E-state index contributed by atoms with van der Waals surface area (Å²) in [4.78, 5) is 16.7. The third kappa shape index (κ3) is 4.44. The summed E-state index contributed by atoms with van der Waals surface area (Å²) in [5.74, 6) is 2.11.